The van der Waals surface area contributed by atoms with E-state index >= 15 is 0 Å². The number of thioether (sulfide) groups is 1. The molecule has 0 radical (unpaired) electrons. The smallest absolute Gasteiger partial charge is 0.744 e. The fraction of sp³-hybridized carbons (Fsp3) is 0.235. The van der Waals surface area contributed by atoms with E-state index in [9.17, 15) is 22.6 Å². The Morgan fingerprint density at radius 2 is 1.89 bits per heavy atom. The maximum Gasteiger partial charge on any atom is 1.00 e. The molecule has 2 aromatic rings. The summed E-state index contributed by atoms with van der Waals surface area (Å²) < 4.78 is 32.8. The molecule has 0 aliphatic rings. The Labute approximate surface area is 184 Å². The second-order valence-corrected chi connectivity index (χ2v) is 8.11. The van der Waals surface area contributed by atoms with Crippen LogP contribution < -0.4 is 34.9 Å². The van der Waals surface area contributed by atoms with Crippen LogP contribution in [0.3, 0.4) is 0 Å². The molecule has 0 spiro atoms. The van der Waals surface area contributed by atoms with Crippen LogP contribution in [0.5, 0.6) is 0 Å². The Kier molecular flexibility index (Phi) is 9.65. The molecule has 10 heteroatoms. The first-order valence-electron chi connectivity index (χ1n) is 7.65. The van der Waals surface area contributed by atoms with Gasteiger partial charge in [-0.2, -0.15) is 0 Å². The minimum atomic E-state index is -4.53. The van der Waals surface area contributed by atoms with Crippen molar-refractivity contribution in [2.45, 2.75) is 18.2 Å². The summed E-state index contributed by atoms with van der Waals surface area (Å²) in [5.41, 5.74) is 1.23. The first-order valence-corrected chi connectivity index (χ1v) is 10.0. The van der Waals surface area contributed by atoms with E-state index in [1.54, 1.807) is 18.5 Å². The van der Waals surface area contributed by atoms with Crippen molar-refractivity contribution in [2.24, 2.45) is 5.92 Å². The first-order chi connectivity index (χ1) is 12.3. The number of hydrogen-bond acceptors (Lipinski definition) is 7. The SMILES string of the molecule is CC(=O)SCC(Cc1cccnc1)C(=O)Nc1ccc(S(=O)(=O)[O-])cc1.[Na+]. The average molecular weight is 416 g/mol. The van der Waals surface area contributed by atoms with Crippen LogP contribution in [0.15, 0.2) is 53.7 Å². The second-order valence-electron chi connectivity index (χ2n) is 5.53. The van der Waals surface area contributed by atoms with Crippen molar-refractivity contribution in [3.05, 3.63) is 54.4 Å². The van der Waals surface area contributed by atoms with Crippen LogP contribution in [0.4, 0.5) is 5.69 Å². The van der Waals surface area contributed by atoms with Gasteiger partial charge in [0.2, 0.25) is 5.91 Å². The first kappa shape index (κ1) is 23.8. The average Bonchev–Trinajstić information content (AvgIpc) is 2.59. The summed E-state index contributed by atoms with van der Waals surface area (Å²) in [5, 5.41) is 2.60. The number of benzene rings is 1. The van der Waals surface area contributed by atoms with Crippen LogP contribution in [0, 0.1) is 5.92 Å². The number of carbonyl (C=O) groups excluding carboxylic acids is 2. The standard InChI is InChI=1S/C17H18N2O5S2.Na/c1-12(20)25-11-14(9-13-3-2-8-18-10-13)17(21)19-15-4-6-16(7-5-15)26(22,23)24;/h2-8,10,14H,9,11H2,1H3,(H,19,21)(H,22,23,24);/q;+1/p-1. The maximum atomic E-state index is 12.6. The maximum absolute atomic E-state index is 12.6. The molecule has 0 aliphatic carbocycles. The van der Waals surface area contributed by atoms with Crippen molar-refractivity contribution in [2.75, 3.05) is 11.1 Å². The molecule has 1 atom stereocenters. The zero-order chi connectivity index (χ0) is 19.2. The molecule has 27 heavy (non-hydrogen) atoms. The number of nitrogens with one attached hydrogen (secondary N) is 1. The summed E-state index contributed by atoms with van der Waals surface area (Å²) in [6.07, 6.45) is 3.70. The molecule has 1 amide bonds. The zero-order valence-corrected chi connectivity index (χ0v) is 18.5. The van der Waals surface area contributed by atoms with Crippen LogP contribution in [0.1, 0.15) is 12.5 Å². The number of nitrogens with zero attached hydrogens (tertiary/aromatic N) is 1. The van der Waals surface area contributed by atoms with Crippen LogP contribution >= 0.6 is 11.8 Å². The molecule has 7 nitrogen and oxygen atoms in total. The largest absolute Gasteiger partial charge is 1.00 e. The van der Waals surface area contributed by atoms with Gasteiger partial charge in [-0.1, -0.05) is 17.8 Å². The zero-order valence-electron chi connectivity index (χ0n) is 14.9. The minimum absolute atomic E-state index is 0. The molecule has 0 bridgehead atoms. The van der Waals surface area contributed by atoms with Gasteiger partial charge in [-0.3, -0.25) is 14.6 Å². The third-order valence-corrected chi connectivity index (χ3v) is 5.30. The van der Waals surface area contributed by atoms with Crippen molar-refractivity contribution in [1.29, 1.82) is 0 Å². The van der Waals surface area contributed by atoms with Gasteiger partial charge in [0.1, 0.15) is 10.1 Å². The van der Waals surface area contributed by atoms with Crippen molar-refractivity contribution < 1.29 is 52.1 Å². The normalized spacial score (nSPS) is 11.9. The number of hydrogen-bond donors (Lipinski definition) is 1. The van der Waals surface area contributed by atoms with Crippen LogP contribution in [0.2, 0.25) is 0 Å². The van der Waals surface area contributed by atoms with E-state index in [0.29, 0.717) is 17.9 Å². The summed E-state index contributed by atoms with van der Waals surface area (Å²) in [7, 11) is -4.53. The Balaban J connectivity index is 0.00000364. The summed E-state index contributed by atoms with van der Waals surface area (Å²) in [6, 6.07) is 8.59. The monoisotopic (exact) mass is 416 g/mol. The van der Waals surface area contributed by atoms with Crippen molar-refractivity contribution >= 4 is 38.6 Å². The fourth-order valence-electron chi connectivity index (χ4n) is 2.20. The van der Waals surface area contributed by atoms with Gasteiger partial charge < -0.3 is 9.87 Å². The number of aromatic nitrogens is 1. The van der Waals surface area contributed by atoms with Gasteiger partial charge >= 0.3 is 29.6 Å². The summed E-state index contributed by atoms with van der Waals surface area (Å²) in [4.78, 5) is 27.5. The van der Waals surface area contributed by atoms with Crippen LogP contribution in [-0.4, -0.2) is 34.7 Å². The summed E-state index contributed by atoms with van der Waals surface area (Å²) in [5.74, 6) is -0.473. The van der Waals surface area contributed by atoms with Gasteiger partial charge in [0.25, 0.3) is 0 Å². The van der Waals surface area contributed by atoms with Gasteiger partial charge in [0, 0.05) is 30.8 Å². The molecular formula is C17H17N2NaO5S2. The number of amides is 1. The Bertz CT molecular complexity index is 874. The Morgan fingerprint density at radius 1 is 1.22 bits per heavy atom. The molecule has 138 valence electrons. The molecule has 0 fully saturated rings. The predicted octanol–water partition coefficient (Wildman–Crippen LogP) is -0.933. The van der Waals surface area contributed by atoms with E-state index in [1.807, 2.05) is 6.07 Å². The van der Waals surface area contributed by atoms with Gasteiger partial charge in [-0.15, -0.1) is 0 Å². The van der Waals surface area contributed by atoms with E-state index in [2.05, 4.69) is 10.3 Å². The van der Waals surface area contributed by atoms with Crippen molar-refractivity contribution in [3.8, 4) is 0 Å². The summed E-state index contributed by atoms with van der Waals surface area (Å²) >= 11 is 1.06. The van der Waals surface area contributed by atoms with E-state index in [-0.39, 0.29) is 45.5 Å². The van der Waals surface area contributed by atoms with Gasteiger partial charge in [-0.05, 0) is 42.3 Å². The van der Waals surface area contributed by atoms with E-state index in [0.717, 1.165) is 29.5 Å². The Morgan fingerprint density at radius 3 is 2.41 bits per heavy atom. The number of pyridine rings is 1. The fourth-order valence-corrected chi connectivity index (χ4v) is 3.37. The van der Waals surface area contributed by atoms with Crippen molar-refractivity contribution in [1.82, 2.24) is 4.98 Å². The Hall–Kier alpha value is -1.23. The second kappa shape index (κ2) is 10.9. The molecule has 2 rings (SSSR count). The number of rotatable bonds is 7. The topological polar surface area (TPSA) is 116 Å². The van der Waals surface area contributed by atoms with Crippen LogP contribution in [0.25, 0.3) is 0 Å². The molecule has 0 saturated heterocycles. The van der Waals surface area contributed by atoms with Gasteiger partial charge in [-0.25, -0.2) is 8.42 Å². The van der Waals surface area contributed by atoms with Crippen molar-refractivity contribution in [3.63, 3.8) is 0 Å². The van der Waals surface area contributed by atoms with Crippen LogP contribution in [-0.2, 0) is 26.1 Å². The molecule has 1 aromatic heterocycles. The molecular weight excluding hydrogens is 399 g/mol. The minimum Gasteiger partial charge on any atom is -0.744 e. The van der Waals surface area contributed by atoms with E-state index in [4.69, 9.17) is 0 Å². The third kappa shape index (κ3) is 8.12. The predicted molar refractivity (Wildman–Crippen MR) is 97.6 cm³/mol. The van der Waals surface area contributed by atoms with Gasteiger partial charge in [0.05, 0.1) is 10.8 Å². The van der Waals surface area contributed by atoms with E-state index < -0.39 is 16.0 Å². The molecule has 1 heterocycles. The quantitative estimate of drug-likeness (QED) is 0.458. The van der Waals surface area contributed by atoms with E-state index in [1.165, 1.54) is 19.1 Å². The summed E-state index contributed by atoms with van der Waals surface area (Å²) in [6.45, 7) is 1.44. The number of anilines is 1. The molecule has 1 aromatic carbocycles. The van der Waals surface area contributed by atoms with Gasteiger partial charge in [0.15, 0.2) is 5.12 Å². The number of carbonyl (C=O) groups is 2. The third-order valence-electron chi connectivity index (χ3n) is 3.47. The molecule has 0 saturated carbocycles. The molecule has 1 unspecified atom stereocenters. The molecule has 0 aliphatic heterocycles. The molecule has 1 N–H and O–H groups in total.